The van der Waals surface area contributed by atoms with Crippen LogP contribution in [-0.4, -0.2) is 19.6 Å². The van der Waals surface area contributed by atoms with E-state index in [2.05, 4.69) is 15.1 Å². The molecule has 0 fully saturated rings. The van der Waals surface area contributed by atoms with Crippen molar-refractivity contribution in [1.29, 1.82) is 0 Å². The quantitative estimate of drug-likeness (QED) is 0.525. The number of benzene rings is 1. The van der Waals surface area contributed by atoms with Gasteiger partial charge in [0.2, 0.25) is 0 Å². The number of fused-ring (bicyclic) bond motifs is 1. The predicted octanol–water partition coefficient (Wildman–Crippen LogP) is 3.88. The first-order chi connectivity index (χ1) is 11.6. The first-order valence-electron chi connectivity index (χ1n) is 7.05. The predicted molar refractivity (Wildman–Crippen MR) is 81.5 cm³/mol. The Morgan fingerprint density at radius 2 is 1.71 bits per heavy atom. The lowest BCUT2D eigenvalue weighted by atomic mass is 10.0. The van der Waals surface area contributed by atoms with E-state index in [-0.39, 0.29) is 11.3 Å². The Balaban J connectivity index is 1.92. The summed E-state index contributed by atoms with van der Waals surface area (Å²) in [5.74, 6) is -3.70. The van der Waals surface area contributed by atoms with Crippen molar-refractivity contribution in [2.75, 3.05) is 0 Å². The van der Waals surface area contributed by atoms with E-state index >= 15 is 0 Å². The number of aromatic nitrogens is 4. The highest BCUT2D eigenvalue weighted by atomic mass is 19.2. The van der Waals surface area contributed by atoms with Crippen LogP contribution in [0, 0.1) is 17.5 Å². The molecule has 0 radical (unpaired) electrons. The molecular weight excluding hydrogens is 317 g/mol. The molecule has 0 aliphatic rings. The fourth-order valence-corrected chi connectivity index (χ4v) is 2.45. The molecule has 4 rings (SSSR count). The summed E-state index contributed by atoms with van der Waals surface area (Å²) >= 11 is 0. The monoisotopic (exact) mass is 326 g/mol. The molecule has 4 aromatic rings. The number of hydrogen-bond donors (Lipinski definition) is 0. The largest absolute Gasteiger partial charge is 0.255 e. The van der Waals surface area contributed by atoms with Crippen LogP contribution in [0.4, 0.5) is 13.2 Å². The lowest BCUT2D eigenvalue weighted by molar-refractivity contribution is 0.447. The number of pyridine rings is 2. The van der Waals surface area contributed by atoms with Crippen LogP contribution in [0.2, 0.25) is 0 Å². The molecular formula is C17H9F3N4. The van der Waals surface area contributed by atoms with Crippen molar-refractivity contribution in [3.8, 4) is 22.6 Å². The van der Waals surface area contributed by atoms with Gasteiger partial charge in [0.1, 0.15) is 0 Å². The molecule has 0 N–H and O–H groups in total. The smallest absolute Gasteiger partial charge is 0.194 e. The zero-order chi connectivity index (χ0) is 16.7. The van der Waals surface area contributed by atoms with Crippen LogP contribution in [0.1, 0.15) is 0 Å². The van der Waals surface area contributed by atoms with Gasteiger partial charge in [-0.3, -0.25) is 4.98 Å². The second-order valence-corrected chi connectivity index (χ2v) is 5.09. The van der Waals surface area contributed by atoms with Crippen LogP contribution in [0.3, 0.4) is 0 Å². The molecule has 4 nitrogen and oxygen atoms in total. The number of rotatable bonds is 2. The molecule has 7 heteroatoms. The zero-order valence-corrected chi connectivity index (χ0v) is 12.1. The molecule has 0 spiro atoms. The van der Waals surface area contributed by atoms with E-state index in [1.165, 1.54) is 6.20 Å². The van der Waals surface area contributed by atoms with Gasteiger partial charge in [-0.1, -0.05) is 6.07 Å². The van der Waals surface area contributed by atoms with Crippen LogP contribution in [0.5, 0.6) is 0 Å². The Labute approximate surface area is 134 Å². The third kappa shape index (κ3) is 2.30. The molecule has 0 saturated heterocycles. The lowest BCUT2D eigenvalue weighted by Gasteiger charge is -2.06. The maximum Gasteiger partial charge on any atom is 0.194 e. The summed E-state index contributed by atoms with van der Waals surface area (Å²) in [5, 5.41) is 4.34. The normalized spacial score (nSPS) is 11.1. The van der Waals surface area contributed by atoms with Crippen molar-refractivity contribution < 1.29 is 13.2 Å². The minimum absolute atomic E-state index is 0.112. The Morgan fingerprint density at radius 3 is 2.46 bits per heavy atom. The molecule has 0 atom stereocenters. The van der Waals surface area contributed by atoms with E-state index in [4.69, 9.17) is 0 Å². The SMILES string of the molecule is Fc1cc(-c2ncccc2-c2nc3ccccn3n2)cc(F)c1F. The van der Waals surface area contributed by atoms with E-state index < -0.39 is 17.5 Å². The van der Waals surface area contributed by atoms with Gasteiger partial charge >= 0.3 is 0 Å². The maximum atomic E-state index is 13.5. The Kier molecular flexibility index (Phi) is 3.26. The second-order valence-electron chi connectivity index (χ2n) is 5.09. The Morgan fingerprint density at radius 1 is 0.917 bits per heavy atom. The molecule has 0 amide bonds. The lowest BCUT2D eigenvalue weighted by Crippen LogP contribution is -1.96. The van der Waals surface area contributed by atoms with Gasteiger partial charge in [-0.25, -0.2) is 22.7 Å². The molecule has 3 heterocycles. The van der Waals surface area contributed by atoms with Crippen LogP contribution < -0.4 is 0 Å². The minimum Gasteiger partial charge on any atom is -0.255 e. The Bertz CT molecular complexity index is 1000. The van der Waals surface area contributed by atoms with Crippen molar-refractivity contribution in [3.05, 3.63) is 72.3 Å². The molecule has 0 saturated carbocycles. The van der Waals surface area contributed by atoms with Gasteiger partial charge in [-0.15, -0.1) is 5.10 Å². The summed E-state index contributed by atoms with van der Waals surface area (Å²) < 4.78 is 41.9. The van der Waals surface area contributed by atoms with Gasteiger partial charge in [-0.2, -0.15) is 0 Å². The van der Waals surface area contributed by atoms with Gasteiger partial charge in [0.05, 0.1) is 5.69 Å². The van der Waals surface area contributed by atoms with E-state index in [0.29, 0.717) is 17.0 Å². The molecule has 1 aromatic carbocycles. The molecule has 118 valence electrons. The van der Waals surface area contributed by atoms with Crippen LogP contribution in [-0.2, 0) is 0 Å². The van der Waals surface area contributed by atoms with Gasteiger partial charge in [0.15, 0.2) is 28.9 Å². The summed E-state index contributed by atoms with van der Waals surface area (Å²) in [4.78, 5) is 8.54. The molecule has 0 aliphatic heterocycles. The highest BCUT2D eigenvalue weighted by molar-refractivity contribution is 5.77. The summed E-state index contributed by atoms with van der Waals surface area (Å²) in [6, 6.07) is 10.6. The minimum atomic E-state index is -1.51. The molecule has 0 aliphatic carbocycles. The van der Waals surface area contributed by atoms with E-state index in [1.807, 2.05) is 6.07 Å². The second kappa shape index (κ2) is 5.45. The van der Waals surface area contributed by atoms with E-state index in [1.54, 1.807) is 35.0 Å². The molecule has 3 aromatic heterocycles. The van der Waals surface area contributed by atoms with Crippen molar-refractivity contribution in [2.45, 2.75) is 0 Å². The molecule has 0 bridgehead atoms. The summed E-state index contributed by atoms with van der Waals surface area (Å²) in [6.07, 6.45) is 3.22. The average molecular weight is 326 g/mol. The third-order valence-corrected chi connectivity index (χ3v) is 3.55. The van der Waals surface area contributed by atoms with Crippen LogP contribution in [0.25, 0.3) is 28.3 Å². The number of halogens is 3. The molecule has 24 heavy (non-hydrogen) atoms. The topological polar surface area (TPSA) is 43.1 Å². The number of hydrogen-bond acceptors (Lipinski definition) is 3. The maximum absolute atomic E-state index is 13.5. The number of nitrogens with zero attached hydrogens (tertiary/aromatic N) is 4. The van der Waals surface area contributed by atoms with Crippen LogP contribution >= 0.6 is 0 Å². The fraction of sp³-hybridized carbons (Fsp3) is 0. The average Bonchev–Trinajstić information content (AvgIpc) is 3.03. The van der Waals surface area contributed by atoms with Crippen LogP contribution in [0.15, 0.2) is 54.9 Å². The third-order valence-electron chi connectivity index (χ3n) is 3.55. The van der Waals surface area contributed by atoms with Gasteiger partial charge in [0, 0.05) is 23.5 Å². The first-order valence-corrected chi connectivity index (χ1v) is 7.05. The zero-order valence-electron chi connectivity index (χ0n) is 12.1. The van der Waals surface area contributed by atoms with Gasteiger partial charge < -0.3 is 0 Å². The Hall–Kier alpha value is -3.22. The summed E-state index contributed by atoms with van der Waals surface area (Å²) in [5.41, 5.74) is 1.50. The van der Waals surface area contributed by atoms with Gasteiger partial charge in [-0.05, 0) is 36.4 Å². The van der Waals surface area contributed by atoms with Crippen molar-refractivity contribution in [1.82, 2.24) is 19.6 Å². The molecule has 0 unspecified atom stereocenters. The summed E-state index contributed by atoms with van der Waals surface area (Å²) in [7, 11) is 0. The van der Waals surface area contributed by atoms with Crippen molar-refractivity contribution >= 4 is 5.65 Å². The van der Waals surface area contributed by atoms with Crippen molar-refractivity contribution in [3.63, 3.8) is 0 Å². The van der Waals surface area contributed by atoms with Crippen molar-refractivity contribution in [2.24, 2.45) is 0 Å². The van der Waals surface area contributed by atoms with E-state index in [9.17, 15) is 13.2 Å². The highest BCUT2D eigenvalue weighted by Crippen LogP contribution is 2.30. The standard InChI is InChI=1S/C17H9F3N4/c18-12-8-10(9-13(19)15(12)20)16-11(4-3-6-21-16)17-22-14-5-1-2-7-24(14)23-17/h1-9H. The fourth-order valence-electron chi connectivity index (χ4n) is 2.45. The first kappa shape index (κ1) is 14.4. The van der Waals surface area contributed by atoms with E-state index in [0.717, 1.165) is 12.1 Å². The highest BCUT2D eigenvalue weighted by Gasteiger charge is 2.17. The summed E-state index contributed by atoms with van der Waals surface area (Å²) in [6.45, 7) is 0. The van der Waals surface area contributed by atoms with Gasteiger partial charge in [0.25, 0.3) is 0 Å².